The van der Waals surface area contributed by atoms with Crippen LogP contribution in [0.15, 0.2) is 66.7 Å². The zero-order valence-electron chi connectivity index (χ0n) is 19.1. The highest BCUT2D eigenvalue weighted by atomic mass is 16.2. The maximum Gasteiger partial charge on any atom is 0.322 e. The summed E-state index contributed by atoms with van der Waals surface area (Å²) in [4.78, 5) is 38.1. The van der Waals surface area contributed by atoms with Gasteiger partial charge in [0.2, 0.25) is 0 Å². The van der Waals surface area contributed by atoms with Crippen molar-refractivity contribution in [3.8, 4) is 12.1 Å². The fraction of sp³-hybridized carbons (Fsp3) is 0.192. The molecular formula is C26H24N6O3. The number of aryl methyl sites for hydroxylation is 1. The first-order chi connectivity index (χ1) is 16.9. The molecule has 0 spiro atoms. The van der Waals surface area contributed by atoms with E-state index in [1.807, 2.05) is 61.5 Å². The fourth-order valence-electron chi connectivity index (χ4n) is 3.59. The van der Waals surface area contributed by atoms with Crippen molar-refractivity contribution in [2.45, 2.75) is 19.0 Å². The van der Waals surface area contributed by atoms with Crippen molar-refractivity contribution in [1.82, 2.24) is 21.3 Å². The molecule has 1 atom stereocenters. The summed E-state index contributed by atoms with van der Waals surface area (Å²) in [5.41, 5.74) is 0.505. The van der Waals surface area contributed by atoms with Crippen LogP contribution in [0.4, 0.5) is 4.79 Å². The van der Waals surface area contributed by atoms with Crippen LogP contribution in [0.25, 0.3) is 10.8 Å². The zero-order valence-corrected chi connectivity index (χ0v) is 19.1. The second kappa shape index (κ2) is 11.3. The molecule has 0 aliphatic heterocycles. The van der Waals surface area contributed by atoms with E-state index >= 15 is 0 Å². The van der Waals surface area contributed by atoms with Crippen LogP contribution < -0.4 is 21.3 Å². The Hall–Kier alpha value is -4.89. The van der Waals surface area contributed by atoms with Gasteiger partial charge < -0.3 is 21.3 Å². The van der Waals surface area contributed by atoms with Crippen molar-refractivity contribution < 1.29 is 14.4 Å². The number of benzene rings is 3. The van der Waals surface area contributed by atoms with Crippen LogP contribution in [0.3, 0.4) is 0 Å². The normalized spacial score (nSPS) is 11.9. The summed E-state index contributed by atoms with van der Waals surface area (Å²) in [6.45, 7) is 1.43. The van der Waals surface area contributed by atoms with Crippen LogP contribution in [0.5, 0.6) is 0 Å². The maximum atomic E-state index is 13.4. The number of nitriles is 2. The Kier molecular flexibility index (Phi) is 7.99. The molecule has 9 heteroatoms. The first-order valence-electron chi connectivity index (χ1n) is 10.8. The number of nitrogens with one attached hydrogen (secondary N) is 4. The van der Waals surface area contributed by atoms with Gasteiger partial charge in [0.25, 0.3) is 5.91 Å². The molecule has 0 radical (unpaired) electrons. The van der Waals surface area contributed by atoms with Crippen LogP contribution in [0, 0.1) is 29.6 Å². The van der Waals surface area contributed by atoms with E-state index < -0.39 is 29.9 Å². The number of urea groups is 1. The van der Waals surface area contributed by atoms with Gasteiger partial charge in [-0.3, -0.25) is 9.59 Å². The average Bonchev–Trinajstić information content (AvgIpc) is 2.88. The molecule has 3 aromatic carbocycles. The summed E-state index contributed by atoms with van der Waals surface area (Å²) < 4.78 is 0. The molecule has 0 heterocycles. The maximum absolute atomic E-state index is 13.4. The number of hydrogen-bond donors (Lipinski definition) is 4. The van der Waals surface area contributed by atoms with Gasteiger partial charge in [-0.2, -0.15) is 10.5 Å². The fourth-order valence-corrected chi connectivity index (χ4v) is 3.59. The van der Waals surface area contributed by atoms with Gasteiger partial charge in [0, 0.05) is 6.54 Å². The summed E-state index contributed by atoms with van der Waals surface area (Å²) in [5.74, 6) is -1.68. The highest BCUT2D eigenvalue weighted by Gasteiger charge is 2.42. The lowest BCUT2D eigenvalue weighted by Gasteiger charge is -2.34. The Morgan fingerprint density at radius 1 is 0.886 bits per heavy atom. The SMILES string of the molecule is Cc1ccc(CNC(=O)NC(CNC(=O)C#N)(C(=O)NCC#N)c2ccc3ccccc3c2)cc1. The predicted molar refractivity (Wildman–Crippen MR) is 129 cm³/mol. The summed E-state index contributed by atoms with van der Waals surface area (Å²) in [5, 5.41) is 29.9. The van der Waals surface area contributed by atoms with Crippen LogP contribution in [-0.2, 0) is 21.7 Å². The predicted octanol–water partition coefficient (Wildman–Crippen LogP) is 2.12. The van der Waals surface area contributed by atoms with Gasteiger partial charge in [0.15, 0.2) is 11.6 Å². The molecule has 35 heavy (non-hydrogen) atoms. The Balaban J connectivity index is 1.98. The van der Waals surface area contributed by atoms with Gasteiger partial charge in [-0.25, -0.2) is 4.79 Å². The quantitative estimate of drug-likeness (QED) is 0.295. The number of carbonyl (C=O) groups is 3. The highest BCUT2D eigenvalue weighted by Crippen LogP contribution is 2.26. The lowest BCUT2D eigenvalue weighted by molar-refractivity contribution is -0.127. The minimum Gasteiger partial charge on any atom is -0.341 e. The summed E-state index contributed by atoms with van der Waals surface area (Å²) in [7, 11) is 0. The van der Waals surface area contributed by atoms with Gasteiger partial charge in [0.05, 0.1) is 12.6 Å². The van der Waals surface area contributed by atoms with Crippen LogP contribution in [-0.4, -0.2) is 30.9 Å². The number of fused-ring (bicyclic) bond motifs is 1. The minimum absolute atomic E-state index is 0.199. The van der Waals surface area contributed by atoms with Crippen LogP contribution in [0.2, 0.25) is 0 Å². The average molecular weight is 469 g/mol. The van der Waals surface area contributed by atoms with Gasteiger partial charge >= 0.3 is 11.9 Å². The van der Waals surface area contributed by atoms with E-state index in [4.69, 9.17) is 10.5 Å². The van der Waals surface area contributed by atoms with E-state index in [0.717, 1.165) is 21.9 Å². The number of nitrogens with zero attached hydrogens (tertiary/aromatic N) is 2. The molecule has 1 unspecified atom stereocenters. The Morgan fingerprint density at radius 2 is 1.60 bits per heavy atom. The number of amides is 4. The molecule has 0 aromatic heterocycles. The number of carbonyl (C=O) groups excluding carboxylic acids is 3. The van der Waals surface area contributed by atoms with E-state index in [1.165, 1.54) is 6.07 Å². The highest BCUT2D eigenvalue weighted by molar-refractivity contribution is 5.96. The summed E-state index contributed by atoms with van der Waals surface area (Å²) in [6, 6.07) is 22.8. The molecule has 0 saturated heterocycles. The van der Waals surface area contributed by atoms with E-state index in [1.54, 1.807) is 18.2 Å². The molecular weight excluding hydrogens is 444 g/mol. The van der Waals surface area contributed by atoms with Crippen molar-refractivity contribution in [1.29, 1.82) is 10.5 Å². The molecule has 0 bridgehead atoms. The zero-order chi connectivity index (χ0) is 25.3. The van der Waals surface area contributed by atoms with E-state index in [-0.39, 0.29) is 13.1 Å². The number of rotatable bonds is 8. The molecule has 0 saturated carbocycles. The van der Waals surface area contributed by atoms with Crippen LogP contribution in [0.1, 0.15) is 16.7 Å². The van der Waals surface area contributed by atoms with Gasteiger partial charge in [-0.1, -0.05) is 66.2 Å². The minimum atomic E-state index is -1.80. The Morgan fingerprint density at radius 3 is 2.29 bits per heavy atom. The summed E-state index contributed by atoms with van der Waals surface area (Å²) in [6.07, 6.45) is 0. The van der Waals surface area contributed by atoms with Gasteiger partial charge in [-0.15, -0.1) is 0 Å². The largest absolute Gasteiger partial charge is 0.341 e. The molecule has 9 nitrogen and oxygen atoms in total. The monoisotopic (exact) mass is 468 g/mol. The first kappa shape index (κ1) is 24.7. The van der Waals surface area contributed by atoms with Gasteiger partial charge in [0.1, 0.15) is 6.54 Å². The third-order valence-electron chi connectivity index (χ3n) is 5.47. The first-order valence-corrected chi connectivity index (χ1v) is 10.8. The molecule has 176 valence electrons. The third-order valence-corrected chi connectivity index (χ3v) is 5.47. The molecule has 0 aliphatic rings. The Bertz CT molecular complexity index is 1320. The van der Waals surface area contributed by atoms with Crippen molar-refractivity contribution in [3.05, 3.63) is 83.4 Å². The van der Waals surface area contributed by atoms with E-state index in [0.29, 0.717) is 5.56 Å². The van der Waals surface area contributed by atoms with Crippen molar-refractivity contribution in [2.24, 2.45) is 0 Å². The van der Waals surface area contributed by atoms with Crippen molar-refractivity contribution >= 4 is 28.6 Å². The molecule has 0 aliphatic carbocycles. The molecule has 3 rings (SSSR count). The second-order valence-corrected chi connectivity index (χ2v) is 7.90. The van der Waals surface area contributed by atoms with Gasteiger partial charge in [-0.05, 0) is 34.9 Å². The molecule has 0 fully saturated rings. The lowest BCUT2D eigenvalue weighted by Crippen LogP contribution is -2.63. The van der Waals surface area contributed by atoms with Crippen molar-refractivity contribution in [2.75, 3.05) is 13.1 Å². The standard InChI is InChI=1S/C26H24N6O3/c1-18-6-8-19(9-7-18)16-30-25(35)32-26(17-31-23(33)15-28,24(34)29-13-12-27)22-11-10-20-4-2-3-5-21(20)14-22/h2-11,14H,13,16-17H2,1H3,(H,29,34)(H,31,33)(H2,30,32,35). The van der Waals surface area contributed by atoms with Crippen molar-refractivity contribution in [3.63, 3.8) is 0 Å². The molecule has 3 aromatic rings. The second-order valence-electron chi connectivity index (χ2n) is 7.90. The summed E-state index contributed by atoms with van der Waals surface area (Å²) >= 11 is 0. The third kappa shape index (κ3) is 6.12. The smallest absolute Gasteiger partial charge is 0.322 e. The molecule has 4 amide bonds. The topological polar surface area (TPSA) is 147 Å². The van der Waals surface area contributed by atoms with E-state index in [9.17, 15) is 14.4 Å². The molecule has 4 N–H and O–H groups in total. The van der Waals surface area contributed by atoms with E-state index in [2.05, 4.69) is 21.3 Å². The number of hydrogen-bond acceptors (Lipinski definition) is 5. The lowest BCUT2D eigenvalue weighted by atomic mass is 9.87. The van der Waals surface area contributed by atoms with Crippen LogP contribution >= 0.6 is 0 Å². The Labute approximate surface area is 202 Å².